The van der Waals surface area contributed by atoms with Crippen LogP contribution in [0, 0.1) is 0 Å². The van der Waals surface area contributed by atoms with Crippen molar-refractivity contribution in [3.63, 3.8) is 0 Å². The molecule has 27 heavy (non-hydrogen) atoms. The van der Waals surface area contributed by atoms with Gasteiger partial charge in [0.25, 0.3) is 5.91 Å². The van der Waals surface area contributed by atoms with Crippen molar-refractivity contribution < 1.29 is 17.9 Å². The van der Waals surface area contributed by atoms with Crippen LogP contribution in [0.25, 0.3) is 0 Å². The lowest BCUT2D eigenvalue weighted by molar-refractivity contribution is 0.0886. The van der Waals surface area contributed by atoms with Gasteiger partial charge >= 0.3 is 0 Å². The molecule has 0 atom stereocenters. The van der Waals surface area contributed by atoms with Crippen molar-refractivity contribution in [2.75, 3.05) is 40.4 Å². The third-order valence-electron chi connectivity index (χ3n) is 4.19. The number of methoxy groups -OCH3 is 1. The maximum Gasteiger partial charge on any atom is 0.269 e. The lowest BCUT2D eigenvalue weighted by Crippen LogP contribution is -2.48. The van der Waals surface area contributed by atoms with Crippen molar-refractivity contribution in [3.8, 4) is 0 Å². The van der Waals surface area contributed by atoms with Crippen molar-refractivity contribution in [1.82, 2.24) is 20.1 Å². The fourth-order valence-corrected chi connectivity index (χ4v) is 4.32. The summed E-state index contributed by atoms with van der Waals surface area (Å²) in [4.78, 5) is 12.5. The highest BCUT2D eigenvalue weighted by atomic mass is 32.2. The monoisotopic (exact) mass is 414 g/mol. The Bertz CT molecular complexity index is 747. The van der Waals surface area contributed by atoms with Gasteiger partial charge in [-0.15, -0.1) is 0 Å². The van der Waals surface area contributed by atoms with Gasteiger partial charge in [0.15, 0.2) is 5.11 Å². The normalized spacial score (nSPS) is 14.7. The van der Waals surface area contributed by atoms with Crippen LogP contribution in [0.15, 0.2) is 29.2 Å². The molecule has 0 aliphatic carbocycles. The first-order chi connectivity index (χ1) is 12.9. The largest absolute Gasteiger partial charge is 0.385 e. The van der Waals surface area contributed by atoms with Crippen LogP contribution in [0.4, 0.5) is 0 Å². The molecule has 1 amide bonds. The summed E-state index contributed by atoms with van der Waals surface area (Å²) in [5, 5.41) is 4.81. The van der Waals surface area contributed by atoms with E-state index in [4.69, 9.17) is 17.0 Å². The molecule has 0 radical (unpaired) electrons. The molecular formula is C17H26N4O4S2. The minimum absolute atomic E-state index is 0.199. The number of hydrogen-bond acceptors (Lipinski definition) is 5. The Morgan fingerprint density at radius 3 is 2.48 bits per heavy atom. The van der Waals surface area contributed by atoms with Gasteiger partial charge in [0.1, 0.15) is 0 Å². The molecule has 1 aliphatic rings. The minimum atomic E-state index is -3.48. The molecule has 150 valence electrons. The van der Waals surface area contributed by atoms with E-state index >= 15 is 0 Å². The number of nitrogens with one attached hydrogen (secondary N) is 2. The molecule has 0 aromatic heterocycles. The van der Waals surface area contributed by atoms with Gasteiger partial charge in [-0.2, -0.15) is 4.31 Å². The summed E-state index contributed by atoms with van der Waals surface area (Å²) in [7, 11) is -0.217. The van der Waals surface area contributed by atoms with Crippen LogP contribution in [0.3, 0.4) is 0 Å². The van der Waals surface area contributed by atoms with E-state index in [1.54, 1.807) is 14.2 Å². The lowest BCUT2D eigenvalue weighted by Gasteiger charge is -2.22. The van der Waals surface area contributed by atoms with Gasteiger partial charge in [-0.05, 0) is 55.7 Å². The van der Waals surface area contributed by atoms with Crippen LogP contribution >= 0.6 is 12.2 Å². The average molecular weight is 415 g/mol. The fraction of sp³-hybridized carbons (Fsp3) is 0.529. The van der Waals surface area contributed by atoms with E-state index in [2.05, 4.69) is 10.7 Å². The SMILES string of the molecule is COCCCNC(=S)N(C)NC(=O)c1ccc(S(=O)(=O)N2CCCC2)cc1. The van der Waals surface area contributed by atoms with Crippen molar-refractivity contribution in [1.29, 1.82) is 0 Å². The van der Waals surface area contributed by atoms with Gasteiger partial charge in [0.05, 0.1) is 4.90 Å². The number of benzene rings is 1. The number of carbonyl (C=O) groups is 1. The first-order valence-electron chi connectivity index (χ1n) is 8.78. The molecule has 2 rings (SSSR count). The smallest absolute Gasteiger partial charge is 0.269 e. The Kier molecular flexibility index (Phi) is 7.96. The van der Waals surface area contributed by atoms with Gasteiger partial charge in [-0.25, -0.2) is 8.42 Å². The highest BCUT2D eigenvalue weighted by Gasteiger charge is 2.27. The molecule has 2 N–H and O–H groups in total. The first-order valence-corrected chi connectivity index (χ1v) is 10.6. The minimum Gasteiger partial charge on any atom is -0.385 e. The van der Waals surface area contributed by atoms with Gasteiger partial charge in [0.2, 0.25) is 10.0 Å². The van der Waals surface area contributed by atoms with Crippen LogP contribution in [0.2, 0.25) is 0 Å². The molecule has 1 heterocycles. The standard InChI is InChI=1S/C17H26N4O4S2/c1-20(17(26)18-10-5-13-25-2)19-16(22)14-6-8-15(9-7-14)27(23,24)21-11-3-4-12-21/h6-9H,3-5,10-13H2,1-2H3,(H,18,26)(H,19,22). The van der Waals surface area contributed by atoms with Gasteiger partial charge in [0, 0.05) is 46.0 Å². The molecule has 0 unspecified atom stereocenters. The molecule has 0 bridgehead atoms. The second kappa shape index (κ2) is 9.98. The predicted octanol–water partition coefficient (Wildman–Crippen LogP) is 0.959. The molecule has 1 aliphatic heterocycles. The zero-order chi connectivity index (χ0) is 19.9. The zero-order valence-electron chi connectivity index (χ0n) is 15.6. The maximum absolute atomic E-state index is 12.5. The maximum atomic E-state index is 12.5. The Balaban J connectivity index is 1.92. The summed E-state index contributed by atoms with van der Waals surface area (Å²) in [6, 6.07) is 5.93. The number of ether oxygens (including phenoxy) is 1. The Hall–Kier alpha value is -1.75. The van der Waals surface area contributed by atoms with E-state index in [0.29, 0.717) is 36.9 Å². The molecule has 1 fully saturated rings. The number of nitrogens with zero attached hydrogens (tertiary/aromatic N) is 2. The second-order valence-electron chi connectivity index (χ2n) is 6.21. The highest BCUT2D eigenvalue weighted by molar-refractivity contribution is 7.89. The van der Waals surface area contributed by atoms with Gasteiger partial charge in [-0.1, -0.05) is 0 Å². The second-order valence-corrected chi connectivity index (χ2v) is 8.54. The molecule has 8 nitrogen and oxygen atoms in total. The predicted molar refractivity (Wildman–Crippen MR) is 107 cm³/mol. The molecule has 1 aromatic carbocycles. The van der Waals surface area contributed by atoms with Crippen molar-refractivity contribution >= 4 is 33.3 Å². The van der Waals surface area contributed by atoms with Crippen LogP contribution in [-0.2, 0) is 14.8 Å². The number of hydrogen-bond donors (Lipinski definition) is 2. The van der Waals surface area contributed by atoms with Crippen LogP contribution in [0.1, 0.15) is 29.6 Å². The number of rotatable bonds is 7. The molecule has 0 spiro atoms. The van der Waals surface area contributed by atoms with Crippen LogP contribution in [0.5, 0.6) is 0 Å². The number of thiocarbonyl (C=S) groups is 1. The highest BCUT2D eigenvalue weighted by Crippen LogP contribution is 2.21. The quantitative estimate of drug-likeness (QED) is 0.390. The third-order valence-corrected chi connectivity index (χ3v) is 6.53. The van der Waals surface area contributed by atoms with Crippen molar-refractivity contribution in [3.05, 3.63) is 29.8 Å². The number of sulfonamides is 1. The number of amides is 1. The molecule has 1 saturated heterocycles. The number of carbonyl (C=O) groups excluding carboxylic acids is 1. The van der Waals surface area contributed by atoms with Crippen molar-refractivity contribution in [2.45, 2.75) is 24.2 Å². The molecule has 10 heteroatoms. The zero-order valence-corrected chi connectivity index (χ0v) is 17.2. The lowest BCUT2D eigenvalue weighted by atomic mass is 10.2. The van der Waals surface area contributed by atoms with E-state index in [0.717, 1.165) is 19.3 Å². The van der Waals surface area contributed by atoms with Gasteiger partial charge in [-0.3, -0.25) is 15.2 Å². The Morgan fingerprint density at radius 2 is 1.89 bits per heavy atom. The first kappa shape index (κ1) is 21.5. The summed E-state index contributed by atoms with van der Waals surface area (Å²) in [5.74, 6) is -0.372. The topological polar surface area (TPSA) is 91.0 Å². The number of hydrazine groups is 1. The van der Waals surface area contributed by atoms with E-state index in [-0.39, 0.29) is 10.8 Å². The van der Waals surface area contributed by atoms with E-state index in [1.807, 2.05) is 0 Å². The molecule has 1 aromatic rings. The van der Waals surface area contributed by atoms with Crippen molar-refractivity contribution in [2.24, 2.45) is 0 Å². The Morgan fingerprint density at radius 1 is 1.26 bits per heavy atom. The summed E-state index contributed by atoms with van der Waals surface area (Å²) in [6.07, 6.45) is 2.56. The summed E-state index contributed by atoms with van der Waals surface area (Å²) in [6.45, 7) is 2.35. The summed E-state index contributed by atoms with van der Waals surface area (Å²) < 4.78 is 31.5. The molecule has 0 saturated carbocycles. The fourth-order valence-electron chi connectivity index (χ4n) is 2.65. The van der Waals surface area contributed by atoms with Crippen LogP contribution in [-0.4, -0.2) is 69.2 Å². The van der Waals surface area contributed by atoms with E-state index in [1.165, 1.54) is 33.6 Å². The molecular weight excluding hydrogens is 388 g/mol. The average Bonchev–Trinajstić information content (AvgIpc) is 3.20. The summed E-state index contributed by atoms with van der Waals surface area (Å²) in [5.41, 5.74) is 3.00. The van der Waals surface area contributed by atoms with Gasteiger partial charge < -0.3 is 10.1 Å². The summed E-state index contributed by atoms with van der Waals surface area (Å²) >= 11 is 5.20. The van der Waals surface area contributed by atoms with E-state index in [9.17, 15) is 13.2 Å². The Labute approximate surface area is 165 Å². The van der Waals surface area contributed by atoms with Crippen LogP contribution < -0.4 is 10.7 Å². The third kappa shape index (κ3) is 5.86. The van der Waals surface area contributed by atoms with E-state index < -0.39 is 10.0 Å².